The molecule has 18 heavy (non-hydrogen) atoms. The van der Waals surface area contributed by atoms with Crippen LogP contribution in [0.4, 0.5) is 0 Å². The highest BCUT2D eigenvalue weighted by Gasteiger charge is 2.22. The van der Waals surface area contributed by atoms with Crippen molar-refractivity contribution in [3.05, 3.63) is 35.6 Å². The van der Waals surface area contributed by atoms with Gasteiger partial charge in [-0.05, 0) is 19.1 Å². The predicted octanol–water partition coefficient (Wildman–Crippen LogP) is 3.24. The van der Waals surface area contributed by atoms with E-state index in [2.05, 4.69) is 21.1 Å². The standard InChI is InChI=1S/C13H12BrNO3/c1-8-12(10(16)7-14)13(15-18-8)9-5-3-4-6-11(9)17-2/h3-6H,7H2,1-2H3. The SMILES string of the molecule is COc1ccccc1-c1noc(C)c1C(=O)CBr. The van der Waals surface area contributed by atoms with Crippen molar-refractivity contribution in [1.29, 1.82) is 0 Å². The Morgan fingerprint density at radius 2 is 2.17 bits per heavy atom. The molecule has 0 aliphatic heterocycles. The van der Waals surface area contributed by atoms with Crippen LogP contribution in [0.2, 0.25) is 0 Å². The molecular weight excluding hydrogens is 298 g/mol. The summed E-state index contributed by atoms with van der Waals surface area (Å²) in [4.78, 5) is 11.9. The fourth-order valence-corrected chi connectivity index (χ4v) is 2.07. The first-order valence-corrected chi connectivity index (χ1v) is 6.50. The lowest BCUT2D eigenvalue weighted by Gasteiger charge is -2.06. The van der Waals surface area contributed by atoms with Gasteiger partial charge in [-0.3, -0.25) is 4.79 Å². The highest BCUT2D eigenvalue weighted by atomic mass is 79.9. The van der Waals surface area contributed by atoms with Crippen molar-refractivity contribution in [3.63, 3.8) is 0 Å². The Balaban J connectivity index is 2.61. The van der Waals surface area contributed by atoms with E-state index in [1.807, 2.05) is 24.3 Å². The lowest BCUT2D eigenvalue weighted by atomic mass is 10.0. The van der Waals surface area contributed by atoms with Crippen LogP contribution in [0, 0.1) is 6.92 Å². The molecule has 2 rings (SSSR count). The monoisotopic (exact) mass is 309 g/mol. The van der Waals surface area contributed by atoms with Gasteiger partial charge in [-0.15, -0.1) is 0 Å². The third kappa shape index (κ3) is 2.18. The maximum Gasteiger partial charge on any atom is 0.179 e. The molecule has 1 aromatic heterocycles. The smallest absolute Gasteiger partial charge is 0.179 e. The van der Waals surface area contributed by atoms with Gasteiger partial charge >= 0.3 is 0 Å². The van der Waals surface area contributed by atoms with E-state index in [1.54, 1.807) is 14.0 Å². The van der Waals surface area contributed by atoms with Crippen LogP contribution < -0.4 is 4.74 Å². The molecule has 0 saturated heterocycles. The fourth-order valence-electron chi connectivity index (χ4n) is 1.79. The quantitative estimate of drug-likeness (QED) is 0.642. The molecule has 0 amide bonds. The van der Waals surface area contributed by atoms with Gasteiger partial charge in [0, 0.05) is 5.56 Å². The number of carbonyl (C=O) groups is 1. The van der Waals surface area contributed by atoms with E-state index in [0.29, 0.717) is 22.8 Å². The summed E-state index contributed by atoms with van der Waals surface area (Å²) in [5.41, 5.74) is 1.77. The van der Waals surface area contributed by atoms with E-state index in [-0.39, 0.29) is 11.1 Å². The zero-order valence-electron chi connectivity index (χ0n) is 10.1. The first-order valence-electron chi connectivity index (χ1n) is 5.37. The molecule has 2 aromatic rings. The number of alkyl halides is 1. The molecule has 0 atom stereocenters. The van der Waals surface area contributed by atoms with Crippen molar-refractivity contribution in [2.45, 2.75) is 6.92 Å². The van der Waals surface area contributed by atoms with Crippen LogP contribution in [0.25, 0.3) is 11.3 Å². The Kier molecular flexibility index (Phi) is 3.81. The molecule has 1 aromatic carbocycles. The number of benzene rings is 1. The number of ketones is 1. The molecule has 5 heteroatoms. The number of aryl methyl sites for hydroxylation is 1. The van der Waals surface area contributed by atoms with Crippen molar-refractivity contribution >= 4 is 21.7 Å². The zero-order valence-corrected chi connectivity index (χ0v) is 11.7. The molecule has 0 aliphatic carbocycles. The third-order valence-corrected chi connectivity index (χ3v) is 3.13. The summed E-state index contributed by atoms with van der Waals surface area (Å²) < 4.78 is 10.4. The second-order valence-electron chi connectivity index (χ2n) is 3.72. The highest BCUT2D eigenvalue weighted by molar-refractivity contribution is 9.09. The molecule has 0 bridgehead atoms. The van der Waals surface area contributed by atoms with Crippen LogP contribution in [-0.2, 0) is 0 Å². The van der Waals surface area contributed by atoms with Crippen LogP contribution in [0.1, 0.15) is 16.1 Å². The Labute approximate surface area is 113 Å². The van der Waals surface area contributed by atoms with Gasteiger partial charge in [-0.2, -0.15) is 0 Å². The number of aromatic nitrogens is 1. The maximum atomic E-state index is 11.9. The first-order chi connectivity index (χ1) is 8.69. The van der Waals surface area contributed by atoms with Gasteiger partial charge in [0.05, 0.1) is 18.0 Å². The third-order valence-electron chi connectivity index (χ3n) is 2.63. The van der Waals surface area contributed by atoms with Gasteiger partial charge < -0.3 is 9.26 Å². The second-order valence-corrected chi connectivity index (χ2v) is 4.28. The zero-order chi connectivity index (χ0) is 13.1. The molecule has 4 nitrogen and oxygen atoms in total. The van der Waals surface area contributed by atoms with Crippen molar-refractivity contribution < 1.29 is 14.1 Å². The highest BCUT2D eigenvalue weighted by Crippen LogP contribution is 2.32. The molecule has 0 fully saturated rings. The van der Waals surface area contributed by atoms with Gasteiger partial charge in [0.2, 0.25) is 0 Å². The van der Waals surface area contributed by atoms with Crippen LogP contribution in [0.3, 0.4) is 0 Å². The van der Waals surface area contributed by atoms with Gasteiger partial charge in [0.15, 0.2) is 5.78 Å². The van der Waals surface area contributed by atoms with E-state index < -0.39 is 0 Å². The van der Waals surface area contributed by atoms with E-state index >= 15 is 0 Å². The average molecular weight is 310 g/mol. The Morgan fingerprint density at radius 1 is 1.44 bits per heavy atom. The summed E-state index contributed by atoms with van der Waals surface area (Å²) in [7, 11) is 1.58. The number of methoxy groups -OCH3 is 1. The summed E-state index contributed by atoms with van der Waals surface area (Å²) >= 11 is 3.16. The minimum Gasteiger partial charge on any atom is -0.496 e. The number of halogens is 1. The number of Topliss-reactive ketones (excluding diaryl/α,β-unsaturated/α-hetero) is 1. The lowest BCUT2D eigenvalue weighted by molar-refractivity contribution is 0.102. The fraction of sp³-hybridized carbons (Fsp3) is 0.231. The summed E-state index contributed by atoms with van der Waals surface area (Å²) in [6.07, 6.45) is 0. The average Bonchev–Trinajstić information content (AvgIpc) is 2.79. The van der Waals surface area contributed by atoms with Gasteiger partial charge in [-0.25, -0.2) is 0 Å². The molecule has 0 aliphatic rings. The first kappa shape index (κ1) is 12.8. The van der Waals surface area contributed by atoms with E-state index in [9.17, 15) is 4.79 Å². The van der Waals surface area contributed by atoms with Crippen molar-refractivity contribution in [1.82, 2.24) is 5.16 Å². The Hall–Kier alpha value is -1.62. The summed E-state index contributed by atoms with van der Waals surface area (Å²) in [5.74, 6) is 1.12. The van der Waals surface area contributed by atoms with Crippen LogP contribution in [-0.4, -0.2) is 23.4 Å². The van der Waals surface area contributed by atoms with E-state index in [1.165, 1.54) is 0 Å². The van der Waals surface area contributed by atoms with Gasteiger partial charge in [0.25, 0.3) is 0 Å². The maximum absolute atomic E-state index is 11.9. The van der Waals surface area contributed by atoms with Gasteiger partial charge in [-0.1, -0.05) is 33.2 Å². The van der Waals surface area contributed by atoms with E-state index in [0.717, 1.165) is 5.56 Å². The minimum absolute atomic E-state index is 0.0605. The van der Waals surface area contributed by atoms with Crippen molar-refractivity contribution in [2.24, 2.45) is 0 Å². The molecule has 0 saturated carbocycles. The number of ether oxygens (including phenoxy) is 1. The molecule has 94 valence electrons. The molecule has 0 spiro atoms. The lowest BCUT2D eigenvalue weighted by Crippen LogP contribution is -2.03. The number of nitrogens with zero attached hydrogens (tertiary/aromatic N) is 1. The molecule has 1 heterocycles. The minimum atomic E-state index is -0.0605. The topological polar surface area (TPSA) is 52.3 Å². The molecule has 0 unspecified atom stereocenters. The molecular formula is C13H12BrNO3. The van der Waals surface area contributed by atoms with Crippen molar-refractivity contribution in [2.75, 3.05) is 12.4 Å². The molecule has 0 radical (unpaired) electrons. The number of hydrogen-bond donors (Lipinski definition) is 0. The second kappa shape index (κ2) is 5.35. The summed E-state index contributed by atoms with van der Waals surface area (Å²) in [5, 5.41) is 4.20. The van der Waals surface area contributed by atoms with Gasteiger partial charge in [0.1, 0.15) is 17.2 Å². The number of rotatable bonds is 4. The summed E-state index contributed by atoms with van der Waals surface area (Å²) in [6, 6.07) is 7.40. The largest absolute Gasteiger partial charge is 0.496 e. The number of hydrogen-bond acceptors (Lipinski definition) is 4. The Morgan fingerprint density at radius 3 is 2.83 bits per heavy atom. The normalized spacial score (nSPS) is 10.4. The predicted molar refractivity (Wildman–Crippen MR) is 71.4 cm³/mol. The van der Waals surface area contributed by atoms with Crippen LogP contribution >= 0.6 is 15.9 Å². The van der Waals surface area contributed by atoms with Crippen LogP contribution in [0.15, 0.2) is 28.8 Å². The number of para-hydroxylation sites is 1. The number of carbonyl (C=O) groups excluding carboxylic acids is 1. The Bertz CT molecular complexity index is 577. The summed E-state index contributed by atoms with van der Waals surface area (Å²) in [6.45, 7) is 1.72. The van der Waals surface area contributed by atoms with Crippen LogP contribution in [0.5, 0.6) is 5.75 Å². The van der Waals surface area contributed by atoms with Crippen molar-refractivity contribution in [3.8, 4) is 17.0 Å². The van der Waals surface area contributed by atoms with E-state index in [4.69, 9.17) is 9.26 Å². The molecule has 0 N–H and O–H groups in total.